The van der Waals surface area contributed by atoms with Crippen LogP contribution in [0.5, 0.6) is 0 Å². The lowest BCUT2D eigenvalue weighted by Crippen LogP contribution is -2.58. The highest BCUT2D eigenvalue weighted by Crippen LogP contribution is 2.30. The van der Waals surface area contributed by atoms with Gasteiger partial charge in [-0.1, -0.05) is 26.8 Å². The molecule has 82 valence electrons. The first-order valence-electron chi connectivity index (χ1n) is 5.18. The average Bonchev–Trinajstić information content (AvgIpc) is 2.14. The number of hydrogen-bond donors (Lipinski definition) is 0. The van der Waals surface area contributed by atoms with Gasteiger partial charge in [-0.15, -0.1) is 0 Å². The molecule has 2 rings (SSSR count). The first-order valence-corrected chi connectivity index (χ1v) is 5.18. The number of hydrogen-bond acceptors (Lipinski definition) is 4. The van der Waals surface area contributed by atoms with E-state index >= 15 is 0 Å². The molecule has 1 fully saturated rings. The van der Waals surface area contributed by atoms with E-state index in [4.69, 9.17) is 14.6 Å². The van der Waals surface area contributed by atoms with E-state index in [1.165, 1.54) is 0 Å². The van der Waals surface area contributed by atoms with E-state index in [0.717, 1.165) is 0 Å². The van der Waals surface area contributed by atoms with Gasteiger partial charge in [-0.05, 0) is 6.07 Å². The molecule has 1 aliphatic heterocycles. The molecule has 1 aromatic rings. The molecular formula is C11H13BN2O2. The van der Waals surface area contributed by atoms with Gasteiger partial charge in [0.05, 0.1) is 0 Å². The summed E-state index contributed by atoms with van der Waals surface area (Å²) >= 11 is 0. The van der Waals surface area contributed by atoms with Gasteiger partial charge in [-0.3, -0.25) is 0 Å². The Labute approximate surface area is 95.3 Å². The maximum atomic E-state index is 8.89. The largest absolute Gasteiger partial charge is 0.500 e. The Bertz CT molecular complexity index is 430. The summed E-state index contributed by atoms with van der Waals surface area (Å²) in [4.78, 5) is 3.97. The second kappa shape index (κ2) is 3.89. The maximum absolute atomic E-state index is 8.89. The molecule has 0 atom stereocenters. The van der Waals surface area contributed by atoms with Crippen LogP contribution < -0.4 is 5.46 Å². The van der Waals surface area contributed by atoms with Crippen LogP contribution in [0.25, 0.3) is 0 Å². The molecule has 5 heteroatoms. The monoisotopic (exact) mass is 216 g/mol. The van der Waals surface area contributed by atoms with Crippen molar-refractivity contribution in [3.05, 3.63) is 24.0 Å². The predicted octanol–water partition coefficient (Wildman–Crippen LogP) is 1.07. The zero-order valence-electron chi connectivity index (χ0n) is 9.60. The van der Waals surface area contributed by atoms with Crippen molar-refractivity contribution in [2.45, 2.75) is 27.1 Å². The van der Waals surface area contributed by atoms with Crippen LogP contribution >= 0.6 is 0 Å². The third-order valence-electron chi connectivity index (χ3n) is 2.40. The van der Waals surface area contributed by atoms with Crippen LogP contribution in [-0.2, 0) is 9.31 Å². The van der Waals surface area contributed by atoms with Crippen molar-refractivity contribution < 1.29 is 9.31 Å². The summed E-state index contributed by atoms with van der Waals surface area (Å²) in [6.45, 7) is 6.13. The van der Waals surface area contributed by atoms with Gasteiger partial charge in [0.2, 0.25) is 0 Å². The highest BCUT2D eigenvalue weighted by atomic mass is 16.8. The van der Waals surface area contributed by atoms with Gasteiger partial charge in [0.1, 0.15) is 18.1 Å². The second-order valence-electron chi connectivity index (χ2n) is 4.86. The van der Waals surface area contributed by atoms with Crippen LogP contribution in [0.3, 0.4) is 0 Å². The Balaban J connectivity index is 2.10. The molecule has 1 saturated heterocycles. The molecule has 1 aliphatic rings. The minimum absolute atomic E-state index is 0.0501. The molecule has 0 spiro atoms. The molecule has 0 unspecified atom stereocenters. The van der Waals surface area contributed by atoms with Crippen LogP contribution in [0.4, 0.5) is 0 Å². The topological polar surface area (TPSA) is 55.1 Å². The molecule has 0 bridgehead atoms. The summed E-state index contributed by atoms with van der Waals surface area (Å²) in [6.07, 6.45) is 1.37. The van der Waals surface area contributed by atoms with Crippen LogP contribution in [-0.4, -0.2) is 18.4 Å². The number of aromatic nitrogens is 1. The summed E-state index contributed by atoms with van der Waals surface area (Å²) in [5.41, 5.74) is 1.01. The van der Waals surface area contributed by atoms with E-state index in [-0.39, 0.29) is 11.7 Å². The summed E-state index contributed by atoms with van der Waals surface area (Å²) < 4.78 is 11.2. The molecule has 0 aliphatic carbocycles. The van der Waals surface area contributed by atoms with E-state index in [1.807, 2.05) is 26.8 Å². The van der Waals surface area contributed by atoms with Crippen molar-refractivity contribution in [3.8, 4) is 6.07 Å². The van der Waals surface area contributed by atoms with Gasteiger partial charge in [0.15, 0.2) is 0 Å². The first kappa shape index (κ1) is 11.1. The van der Waals surface area contributed by atoms with Crippen LogP contribution in [0.15, 0.2) is 18.3 Å². The summed E-state index contributed by atoms with van der Waals surface area (Å²) in [6, 6.07) is 5.60. The number of nitriles is 1. The fourth-order valence-corrected chi connectivity index (χ4v) is 1.49. The van der Waals surface area contributed by atoms with Gasteiger partial charge >= 0.3 is 7.12 Å². The molecular weight excluding hydrogens is 203 g/mol. The van der Waals surface area contributed by atoms with Gasteiger partial charge in [0, 0.05) is 17.1 Å². The third kappa shape index (κ3) is 1.94. The lowest BCUT2D eigenvalue weighted by Gasteiger charge is -2.42. The van der Waals surface area contributed by atoms with Crippen LogP contribution in [0.1, 0.15) is 26.5 Å². The van der Waals surface area contributed by atoms with Crippen LogP contribution in [0.2, 0.25) is 0 Å². The molecule has 2 heterocycles. The third-order valence-corrected chi connectivity index (χ3v) is 2.40. The number of pyridine rings is 1. The van der Waals surface area contributed by atoms with Crippen molar-refractivity contribution >= 4 is 12.6 Å². The summed E-state index contributed by atoms with van der Waals surface area (Å²) in [5.74, 6) is 0. The average molecular weight is 216 g/mol. The molecule has 16 heavy (non-hydrogen) atoms. The zero-order chi connectivity index (χ0) is 11.8. The fraction of sp³-hybridized carbons (Fsp3) is 0.455. The molecule has 4 nitrogen and oxygen atoms in total. The quantitative estimate of drug-likeness (QED) is 0.658. The van der Waals surface area contributed by atoms with Crippen molar-refractivity contribution in [3.63, 3.8) is 0 Å². The lowest BCUT2D eigenvalue weighted by atomic mass is 9.73. The Morgan fingerprint density at radius 1 is 1.44 bits per heavy atom. The van der Waals surface area contributed by atoms with Gasteiger partial charge in [-0.25, -0.2) is 4.98 Å². The molecule has 1 aromatic heterocycles. The Kier molecular flexibility index (Phi) is 2.70. The zero-order valence-corrected chi connectivity index (χ0v) is 9.60. The smallest absolute Gasteiger partial charge is 0.382 e. The predicted molar refractivity (Wildman–Crippen MR) is 59.8 cm³/mol. The van der Waals surface area contributed by atoms with Gasteiger partial charge in [0.25, 0.3) is 0 Å². The highest BCUT2D eigenvalue weighted by molar-refractivity contribution is 6.63. The maximum Gasteiger partial charge on any atom is 0.500 e. The molecule has 0 radical (unpaired) electrons. The van der Waals surface area contributed by atoms with Crippen LogP contribution in [0, 0.1) is 16.7 Å². The summed E-state index contributed by atoms with van der Waals surface area (Å²) in [5, 5.41) is 8.89. The lowest BCUT2D eigenvalue weighted by molar-refractivity contribution is -0.167. The Morgan fingerprint density at radius 3 is 2.69 bits per heavy atom. The number of rotatable bonds is 1. The van der Waals surface area contributed by atoms with E-state index in [0.29, 0.717) is 11.2 Å². The molecule has 0 amide bonds. The van der Waals surface area contributed by atoms with Crippen molar-refractivity contribution in [1.82, 2.24) is 4.98 Å². The fourth-order valence-electron chi connectivity index (χ4n) is 1.49. The Hall–Kier alpha value is -1.38. The molecule has 0 aromatic carbocycles. The van der Waals surface area contributed by atoms with E-state index in [1.54, 1.807) is 18.3 Å². The second-order valence-corrected chi connectivity index (χ2v) is 4.86. The van der Waals surface area contributed by atoms with E-state index in [2.05, 4.69) is 4.98 Å². The molecule has 0 N–H and O–H groups in total. The first-order chi connectivity index (χ1) is 7.52. The van der Waals surface area contributed by atoms with Crippen molar-refractivity contribution in [2.75, 3.05) is 0 Å². The number of nitrogens with zero attached hydrogens (tertiary/aromatic N) is 2. The highest BCUT2D eigenvalue weighted by Gasteiger charge is 2.45. The summed E-state index contributed by atoms with van der Waals surface area (Å²) in [7, 11) is -0.451. The minimum atomic E-state index is -0.451. The van der Waals surface area contributed by atoms with Gasteiger partial charge < -0.3 is 9.31 Å². The van der Waals surface area contributed by atoms with E-state index in [9.17, 15) is 0 Å². The van der Waals surface area contributed by atoms with E-state index < -0.39 is 7.12 Å². The molecule has 0 saturated carbocycles. The normalized spacial score (nSPS) is 16.8. The minimum Gasteiger partial charge on any atom is -0.382 e. The Morgan fingerprint density at radius 2 is 2.12 bits per heavy atom. The van der Waals surface area contributed by atoms with Crippen molar-refractivity contribution in [1.29, 1.82) is 5.26 Å². The SMILES string of the molecule is CC(C)(C)C1OB(c2cccnc2C#N)O1. The van der Waals surface area contributed by atoms with Gasteiger partial charge in [-0.2, -0.15) is 5.26 Å². The standard InChI is InChI=1S/C11H13BN2O2/c1-11(2,3)10-15-12(16-10)8-5-4-6-14-9(8)7-13/h4-6,10H,1-3H3. The van der Waals surface area contributed by atoms with Crippen molar-refractivity contribution in [2.24, 2.45) is 5.41 Å².